The van der Waals surface area contributed by atoms with Crippen LogP contribution in [0.1, 0.15) is 56.8 Å². The van der Waals surface area contributed by atoms with E-state index in [4.69, 9.17) is 4.74 Å². The number of amides is 1. The molecule has 7 rings (SSSR count). The van der Waals surface area contributed by atoms with E-state index >= 15 is 0 Å². The van der Waals surface area contributed by atoms with Crippen molar-refractivity contribution in [3.63, 3.8) is 0 Å². The number of para-hydroxylation sites is 2. The van der Waals surface area contributed by atoms with E-state index in [0.717, 1.165) is 17.5 Å². The predicted octanol–water partition coefficient (Wildman–Crippen LogP) is 6.60. The Morgan fingerprint density at radius 3 is 2.44 bits per heavy atom. The largest absolute Gasteiger partial charge is 0.493 e. The van der Waals surface area contributed by atoms with Crippen LogP contribution < -0.4 is 10.1 Å². The van der Waals surface area contributed by atoms with Crippen LogP contribution in [-0.4, -0.2) is 35.0 Å². The Labute approximate surface area is 248 Å². The van der Waals surface area contributed by atoms with Gasteiger partial charge in [-0.05, 0) is 71.7 Å². The molecule has 4 aromatic carbocycles. The van der Waals surface area contributed by atoms with Gasteiger partial charge >= 0.3 is 0 Å². The first-order chi connectivity index (χ1) is 21.0. The summed E-state index contributed by atoms with van der Waals surface area (Å²) in [7, 11) is 0. The number of anilines is 1. The molecule has 43 heavy (non-hydrogen) atoms. The lowest BCUT2D eigenvalue weighted by Gasteiger charge is -2.38. The average molecular weight is 573 g/mol. The number of carbonyl (C=O) groups is 3. The summed E-state index contributed by atoms with van der Waals surface area (Å²) in [5.74, 6) is -2.27. The quantitative estimate of drug-likeness (QED) is 0.253. The number of nitrogens with zero attached hydrogens (tertiary/aromatic N) is 1. The molecule has 0 aromatic heterocycles. The summed E-state index contributed by atoms with van der Waals surface area (Å²) in [6.07, 6.45) is 4.51. The lowest BCUT2D eigenvalue weighted by molar-refractivity contribution is -0.122. The van der Waals surface area contributed by atoms with Crippen LogP contribution in [0.4, 0.5) is 10.1 Å². The second kappa shape index (κ2) is 10.3. The Hall–Kier alpha value is -5.04. The molecule has 4 aromatic rings. The normalized spacial score (nSPS) is 23.0. The summed E-state index contributed by atoms with van der Waals surface area (Å²) < 4.78 is 20.0. The van der Waals surface area contributed by atoms with Crippen molar-refractivity contribution in [2.75, 3.05) is 11.9 Å². The van der Waals surface area contributed by atoms with E-state index in [-0.39, 0.29) is 17.3 Å². The summed E-state index contributed by atoms with van der Waals surface area (Å²) in [5, 5.41) is 3.04. The van der Waals surface area contributed by atoms with E-state index in [9.17, 15) is 18.8 Å². The second-order valence-electron chi connectivity index (χ2n) is 11.2. The number of hydrogen-bond donors (Lipinski definition) is 1. The number of nitrogens with one attached hydrogen (secondary N) is 1. The lowest BCUT2D eigenvalue weighted by Crippen LogP contribution is -2.49. The van der Waals surface area contributed by atoms with Crippen molar-refractivity contribution >= 4 is 29.2 Å². The molecule has 0 unspecified atom stereocenters. The minimum Gasteiger partial charge on any atom is -0.493 e. The van der Waals surface area contributed by atoms with Crippen LogP contribution in [0, 0.1) is 11.7 Å². The van der Waals surface area contributed by atoms with Gasteiger partial charge in [0.1, 0.15) is 23.0 Å². The van der Waals surface area contributed by atoms with Gasteiger partial charge in [0, 0.05) is 17.5 Å². The number of carbonyl (C=O) groups excluding carboxylic acids is 3. The van der Waals surface area contributed by atoms with Crippen molar-refractivity contribution in [2.24, 2.45) is 5.92 Å². The molecule has 1 N–H and O–H groups in total. The molecule has 0 aliphatic carbocycles. The minimum atomic E-state index is -1.46. The van der Waals surface area contributed by atoms with E-state index in [1.165, 1.54) is 24.3 Å². The van der Waals surface area contributed by atoms with Crippen molar-refractivity contribution in [3.8, 4) is 5.75 Å². The highest BCUT2D eigenvalue weighted by molar-refractivity contribution is 6.17. The van der Waals surface area contributed by atoms with E-state index in [0.29, 0.717) is 29.2 Å². The van der Waals surface area contributed by atoms with Crippen molar-refractivity contribution in [3.05, 3.63) is 137 Å². The fourth-order valence-corrected chi connectivity index (χ4v) is 7.13. The first kappa shape index (κ1) is 26.8. The van der Waals surface area contributed by atoms with E-state index < -0.39 is 35.0 Å². The molecule has 7 heteroatoms. The number of hydrogen-bond acceptors (Lipinski definition) is 5. The molecule has 3 heterocycles. The summed E-state index contributed by atoms with van der Waals surface area (Å²) in [6, 6.07) is 25.7. The summed E-state index contributed by atoms with van der Waals surface area (Å²) in [4.78, 5) is 46.1. The van der Waals surface area contributed by atoms with Crippen molar-refractivity contribution in [2.45, 2.75) is 30.8 Å². The van der Waals surface area contributed by atoms with Crippen molar-refractivity contribution in [1.82, 2.24) is 4.90 Å². The van der Waals surface area contributed by atoms with Gasteiger partial charge in [0.05, 0.1) is 24.1 Å². The van der Waals surface area contributed by atoms with Gasteiger partial charge in [-0.1, -0.05) is 61.5 Å². The molecule has 0 saturated carbocycles. The van der Waals surface area contributed by atoms with Gasteiger partial charge in [-0.3, -0.25) is 14.4 Å². The molecule has 1 fully saturated rings. The molecule has 6 nitrogen and oxygen atoms in total. The number of halogens is 1. The molecule has 214 valence electrons. The summed E-state index contributed by atoms with van der Waals surface area (Å²) >= 11 is 0. The van der Waals surface area contributed by atoms with E-state index in [1.54, 1.807) is 24.3 Å². The monoisotopic (exact) mass is 572 g/mol. The number of fused-ring (bicyclic) bond motifs is 6. The zero-order valence-corrected chi connectivity index (χ0v) is 23.5. The van der Waals surface area contributed by atoms with Crippen LogP contribution in [0.3, 0.4) is 0 Å². The molecule has 1 saturated heterocycles. The number of rotatable bonds is 7. The number of ether oxygens (including phenoxy) is 1. The van der Waals surface area contributed by atoms with Crippen LogP contribution in [0.15, 0.2) is 103 Å². The average Bonchev–Trinajstić information content (AvgIpc) is 3.52. The van der Waals surface area contributed by atoms with Crippen molar-refractivity contribution < 1.29 is 23.5 Å². The zero-order chi connectivity index (χ0) is 29.7. The Morgan fingerprint density at radius 2 is 1.63 bits per heavy atom. The highest BCUT2D eigenvalue weighted by Gasteiger charge is 2.70. The van der Waals surface area contributed by atoms with Crippen LogP contribution >= 0.6 is 0 Å². The highest BCUT2D eigenvalue weighted by atomic mass is 19.1. The van der Waals surface area contributed by atoms with Gasteiger partial charge in [-0.2, -0.15) is 0 Å². The Balaban J connectivity index is 1.51. The van der Waals surface area contributed by atoms with Crippen LogP contribution in [0.25, 0.3) is 6.08 Å². The van der Waals surface area contributed by atoms with Crippen LogP contribution in [0.5, 0.6) is 5.75 Å². The van der Waals surface area contributed by atoms with Crippen molar-refractivity contribution in [1.29, 1.82) is 0 Å². The van der Waals surface area contributed by atoms with Gasteiger partial charge < -0.3 is 15.0 Å². The van der Waals surface area contributed by atoms with Gasteiger partial charge in [-0.25, -0.2) is 4.39 Å². The summed E-state index contributed by atoms with van der Waals surface area (Å²) in [5.41, 5.74) is 2.14. The first-order valence-corrected chi connectivity index (χ1v) is 14.5. The topological polar surface area (TPSA) is 75.7 Å². The maximum atomic E-state index is 14.9. The van der Waals surface area contributed by atoms with E-state index in [2.05, 4.69) is 5.32 Å². The zero-order valence-electron chi connectivity index (χ0n) is 23.5. The lowest BCUT2D eigenvalue weighted by atomic mass is 9.62. The molecule has 1 amide bonds. The molecule has 1 spiro atoms. The molecule has 3 aliphatic rings. The standard InChI is InChI=1S/C36H29FN2O4/c1-2-21-43-29-14-8-5-11-26(29)33(41)31-30(32(40)23-15-17-24(37)18-16-23)36(27-12-6-7-13-28(27)38-35(36)42)34-25-10-4-3-9-22(25)19-20-39(31)34/h3-20,30-31,34H,2,21H2,1H3,(H,38,42)/t30-,31-,34+,36+/m0/s1. The maximum absolute atomic E-state index is 14.9. The predicted molar refractivity (Wildman–Crippen MR) is 161 cm³/mol. The van der Waals surface area contributed by atoms with Gasteiger partial charge in [0.2, 0.25) is 5.91 Å². The fraction of sp³-hybridized carbons (Fsp3) is 0.194. The Kier molecular flexibility index (Phi) is 6.46. The van der Waals surface area contributed by atoms with Crippen LogP contribution in [0.2, 0.25) is 0 Å². The molecular formula is C36H29FN2O4. The third-order valence-corrected chi connectivity index (χ3v) is 8.86. The third kappa shape index (κ3) is 3.95. The molecule has 0 radical (unpaired) electrons. The Bertz CT molecular complexity index is 1800. The molecular weight excluding hydrogens is 543 g/mol. The molecule has 4 atom stereocenters. The number of ketones is 2. The Morgan fingerprint density at radius 1 is 0.907 bits per heavy atom. The summed E-state index contributed by atoms with van der Waals surface area (Å²) in [6.45, 7) is 2.41. The first-order valence-electron chi connectivity index (χ1n) is 14.5. The smallest absolute Gasteiger partial charge is 0.238 e. The van der Waals surface area contributed by atoms with E-state index in [1.807, 2.05) is 72.6 Å². The molecule has 0 bridgehead atoms. The number of benzene rings is 4. The van der Waals surface area contributed by atoms with Gasteiger partial charge in [0.25, 0.3) is 0 Å². The van der Waals surface area contributed by atoms with Crippen LogP contribution in [-0.2, 0) is 10.2 Å². The SMILES string of the molecule is CCCOc1ccccc1C(=O)[C@@H]1[C@@H](C(=O)c2ccc(F)cc2)[C@@]2(C(=O)Nc3ccccc32)[C@H]2c3ccccc3C=CN12. The van der Waals surface area contributed by atoms with Gasteiger partial charge in [0.15, 0.2) is 11.6 Å². The number of Topliss-reactive ketones (excluding diaryl/α,β-unsaturated/α-hetero) is 2. The molecule has 3 aliphatic heterocycles. The third-order valence-electron chi connectivity index (χ3n) is 8.86. The highest BCUT2D eigenvalue weighted by Crippen LogP contribution is 2.62. The second-order valence-corrected chi connectivity index (χ2v) is 11.2. The fourth-order valence-electron chi connectivity index (χ4n) is 7.13. The minimum absolute atomic E-state index is 0.230. The van der Waals surface area contributed by atoms with Gasteiger partial charge in [-0.15, -0.1) is 0 Å². The maximum Gasteiger partial charge on any atom is 0.238 e.